The predicted octanol–water partition coefficient (Wildman–Crippen LogP) is 3.75. The van der Waals surface area contributed by atoms with Crippen LogP contribution >= 0.6 is 0 Å². The third-order valence-corrected chi connectivity index (χ3v) is 4.53. The molecule has 2 nitrogen and oxygen atoms in total. The second kappa shape index (κ2) is 5.96. The largest absolute Gasteiger partial charge is 0.494 e. The lowest BCUT2D eigenvalue weighted by atomic mass is 9.57. The van der Waals surface area contributed by atoms with Gasteiger partial charge in [-0.3, -0.25) is 0 Å². The molecule has 2 heteroatoms. The van der Waals surface area contributed by atoms with E-state index in [4.69, 9.17) is 4.74 Å². The zero-order chi connectivity index (χ0) is 13.9. The summed E-state index contributed by atoms with van der Waals surface area (Å²) in [6, 6.07) is 9.28. The maximum atomic E-state index is 5.53. The van der Waals surface area contributed by atoms with E-state index >= 15 is 0 Å². The van der Waals surface area contributed by atoms with Gasteiger partial charge in [0.1, 0.15) is 5.75 Å². The van der Waals surface area contributed by atoms with Gasteiger partial charge in [-0.15, -0.1) is 0 Å². The van der Waals surface area contributed by atoms with Crippen LogP contribution in [0, 0.1) is 5.92 Å². The predicted molar refractivity (Wildman–Crippen MR) is 80.8 cm³/mol. The zero-order valence-corrected chi connectivity index (χ0v) is 12.7. The first-order valence-electron chi connectivity index (χ1n) is 7.55. The normalized spacial score (nSPS) is 26.3. The van der Waals surface area contributed by atoms with E-state index in [1.807, 2.05) is 6.92 Å². The highest BCUT2D eigenvalue weighted by molar-refractivity contribution is 5.35. The van der Waals surface area contributed by atoms with Gasteiger partial charge in [0.15, 0.2) is 0 Å². The molecule has 19 heavy (non-hydrogen) atoms. The Morgan fingerprint density at radius 1 is 1.32 bits per heavy atom. The fraction of sp³-hybridized carbons (Fsp3) is 0.647. The Morgan fingerprint density at radius 2 is 2.00 bits per heavy atom. The minimum atomic E-state index is 0.328. The highest BCUT2D eigenvalue weighted by atomic mass is 16.5. The Bertz CT molecular complexity index is 398. The number of ether oxygens (including phenoxy) is 1. The lowest BCUT2D eigenvalue weighted by Crippen LogP contribution is -2.51. The maximum absolute atomic E-state index is 5.53. The number of rotatable bonds is 6. The van der Waals surface area contributed by atoms with E-state index in [1.165, 1.54) is 18.4 Å². The number of hydrogen-bond donors (Lipinski definition) is 1. The van der Waals surface area contributed by atoms with Crippen molar-refractivity contribution in [3.05, 3.63) is 29.8 Å². The van der Waals surface area contributed by atoms with Gasteiger partial charge in [-0.2, -0.15) is 0 Å². The monoisotopic (exact) mass is 261 g/mol. The summed E-state index contributed by atoms with van der Waals surface area (Å²) in [6.45, 7) is 10.7. The first-order chi connectivity index (χ1) is 9.08. The van der Waals surface area contributed by atoms with Gasteiger partial charge in [0.25, 0.3) is 0 Å². The summed E-state index contributed by atoms with van der Waals surface area (Å²) in [6.07, 6.45) is 2.63. The molecule has 0 spiro atoms. The molecule has 0 saturated heterocycles. The molecule has 0 radical (unpaired) electrons. The van der Waals surface area contributed by atoms with Crippen LogP contribution in [0.1, 0.15) is 46.1 Å². The summed E-state index contributed by atoms with van der Waals surface area (Å²) in [5, 5.41) is 3.63. The lowest BCUT2D eigenvalue weighted by molar-refractivity contribution is 0.131. The van der Waals surface area contributed by atoms with Gasteiger partial charge in [-0.25, -0.2) is 0 Å². The number of hydrogen-bond acceptors (Lipinski definition) is 2. The van der Waals surface area contributed by atoms with Crippen LogP contribution in [0.25, 0.3) is 0 Å². The van der Waals surface area contributed by atoms with Gasteiger partial charge in [0.05, 0.1) is 6.61 Å². The van der Waals surface area contributed by atoms with Crippen LogP contribution in [-0.2, 0) is 5.41 Å². The summed E-state index contributed by atoms with van der Waals surface area (Å²) in [4.78, 5) is 0. The van der Waals surface area contributed by atoms with Crippen molar-refractivity contribution in [3.63, 3.8) is 0 Å². The third-order valence-electron chi connectivity index (χ3n) is 4.53. The first kappa shape index (κ1) is 14.4. The SMILES string of the molecule is CCOc1ccc(C2(CNC(C)C)CCC2C)cc1. The van der Waals surface area contributed by atoms with Crippen molar-refractivity contribution in [2.75, 3.05) is 13.2 Å². The Hall–Kier alpha value is -1.02. The van der Waals surface area contributed by atoms with Crippen molar-refractivity contribution in [2.45, 2.75) is 52.0 Å². The van der Waals surface area contributed by atoms with Gasteiger partial charge in [-0.1, -0.05) is 32.9 Å². The molecule has 2 unspecified atom stereocenters. The van der Waals surface area contributed by atoms with Crippen molar-refractivity contribution in [1.29, 1.82) is 0 Å². The van der Waals surface area contributed by atoms with Crippen LogP contribution < -0.4 is 10.1 Å². The van der Waals surface area contributed by atoms with Crippen molar-refractivity contribution >= 4 is 0 Å². The van der Waals surface area contributed by atoms with Crippen LogP contribution in [0.4, 0.5) is 0 Å². The topological polar surface area (TPSA) is 21.3 Å². The van der Waals surface area contributed by atoms with E-state index < -0.39 is 0 Å². The molecule has 0 bridgehead atoms. The quantitative estimate of drug-likeness (QED) is 0.842. The molecule has 2 atom stereocenters. The smallest absolute Gasteiger partial charge is 0.119 e. The molecule has 1 aliphatic rings. The van der Waals surface area contributed by atoms with Crippen LogP contribution in [0.15, 0.2) is 24.3 Å². The van der Waals surface area contributed by atoms with Crippen LogP contribution in [0.5, 0.6) is 5.75 Å². The molecule has 1 N–H and O–H groups in total. The van der Waals surface area contributed by atoms with Crippen molar-refractivity contribution in [1.82, 2.24) is 5.32 Å². The van der Waals surface area contributed by atoms with Gasteiger partial charge >= 0.3 is 0 Å². The minimum Gasteiger partial charge on any atom is -0.494 e. The van der Waals surface area contributed by atoms with E-state index in [1.54, 1.807) is 0 Å². The summed E-state index contributed by atoms with van der Waals surface area (Å²) < 4.78 is 5.53. The molecule has 1 saturated carbocycles. The van der Waals surface area contributed by atoms with E-state index in [-0.39, 0.29) is 0 Å². The molecule has 0 heterocycles. The summed E-state index contributed by atoms with van der Waals surface area (Å²) in [5.41, 5.74) is 1.79. The van der Waals surface area contributed by atoms with E-state index in [9.17, 15) is 0 Å². The van der Waals surface area contributed by atoms with E-state index in [0.717, 1.165) is 24.8 Å². The van der Waals surface area contributed by atoms with Gasteiger partial charge in [0.2, 0.25) is 0 Å². The first-order valence-corrected chi connectivity index (χ1v) is 7.55. The summed E-state index contributed by atoms with van der Waals surface area (Å²) >= 11 is 0. The summed E-state index contributed by atoms with van der Waals surface area (Å²) in [5.74, 6) is 1.74. The minimum absolute atomic E-state index is 0.328. The Balaban J connectivity index is 2.14. The Morgan fingerprint density at radius 3 is 2.42 bits per heavy atom. The molecular weight excluding hydrogens is 234 g/mol. The molecule has 1 fully saturated rings. The van der Waals surface area contributed by atoms with E-state index in [0.29, 0.717) is 11.5 Å². The molecule has 1 aliphatic carbocycles. The molecular formula is C17H27NO. The Kier molecular flexibility index (Phi) is 4.51. The van der Waals surface area contributed by atoms with Gasteiger partial charge < -0.3 is 10.1 Å². The van der Waals surface area contributed by atoms with Crippen molar-refractivity contribution in [2.24, 2.45) is 5.92 Å². The zero-order valence-electron chi connectivity index (χ0n) is 12.7. The Labute approximate surface area is 117 Å². The molecule has 0 amide bonds. The molecule has 2 rings (SSSR count). The standard InChI is InChI=1S/C17H27NO/c1-5-19-16-8-6-15(7-9-16)17(11-10-14(17)4)12-18-13(2)3/h6-9,13-14,18H,5,10-12H2,1-4H3. The molecule has 106 valence electrons. The van der Waals surface area contributed by atoms with Gasteiger partial charge in [0, 0.05) is 18.0 Å². The van der Waals surface area contributed by atoms with Crippen LogP contribution in [0.3, 0.4) is 0 Å². The van der Waals surface area contributed by atoms with Crippen molar-refractivity contribution < 1.29 is 4.74 Å². The molecule has 0 aliphatic heterocycles. The van der Waals surface area contributed by atoms with Crippen LogP contribution in [0.2, 0.25) is 0 Å². The van der Waals surface area contributed by atoms with E-state index in [2.05, 4.69) is 50.4 Å². The van der Waals surface area contributed by atoms with Crippen LogP contribution in [-0.4, -0.2) is 19.2 Å². The second-order valence-corrected chi connectivity index (χ2v) is 6.09. The molecule has 1 aromatic carbocycles. The fourth-order valence-corrected chi connectivity index (χ4v) is 3.01. The highest BCUT2D eigenvalue weighted by Crippen LogP contribution is 2.48. The maximum Gasteiger partial charge on any atom is 0.119 e. The number of nitrogens with one attached hydrogen (secondary N) is 1. The molecule has 1 aromatic rings. The lowest BCUT2D eigenvalue weighted by Gasteiger charge is -2.49. The second-order valence-electron chi connectivity index (χ2n) is 6.09. The fourth-order valence-electron chi connectivity index (χ4n) is 3.01. The average Bonchev–Trinajstić information content (AvgIpc) is 2.39. The number of benzene rings is 1. The third kappa shape index (κ3) is 2.94. The highest BCUT2D eigenvalue weighted by Gasteiger charge is 2.44. The summed E-state index contributed by atoms with van der Waals surface area (Å²) in [7, 11) is 0. The van der Waals surface area contributed by atoms with Gasteiger partial charge in [-0.05, 0) is 43.4 Å². The average molecular weight is 261 g/mol. The van der Waals surface area contributed by atoms with Crippen molar-refractivity contribution in [3.8, 4) is 5.75 Å². The molecule has 0 aromatic heterocycles.